The molecule has 5 aliphatic rings. The smallest absolute Gasteiger partial charge is 0.165 e. The fraction of sp³-hybridized carbons (Fsp3) is 0.739. The van der Waals surface area contributed by atoms with Gasteiger partial charge in [0, 0.05) is 32.7 Å². The lowest BCUT2D eigenvalue weighted by Gasteiger charge is -2.54. The first kappa shape index (κ1) is 17.9. The average molecular weight is 373 g/mol. The molecule has 4 saturated carbocycles. The van der Waals surface area contributed by atoms with Gasteiger partial charge in [0.15, 0.2) is 11.6 Å². The summed E-state index contributed by atoms with van der Waals surface area (Å²) in [5.41, 5.74) is 1.23. The topological polar surface area (TPSA) is 15.7 Å². The highest BCUT2D eigenvalue weighted by Gasteiger charge is 2.48. The van der Waals surface area contributed by atoms with Crippen molar-refractivity contribution in [2.75, 3.05) is 46.4 Å². The van der Waals surface area contributed by atoms with E-state index in [0.29, 0.717) is 18.3 Å². The summed E-state index contributed by atoms with van der Waals surface area (Å²) in [5, 5.41) is 0. The van der Waals surface area contributed by atoms with Gasteiger partial charge >= 0.3 is 0 Å². The Morgan fingerprint density at radius 3 is 2.26 bits per heavy atom. The highest BCUT2D eigenvalue weighted by molar-refractivity contribution is 5.33. The van der Waals surface area contributed by atoms with Crippen molar-refractivity contribution < 1.29 is 9.13 Å². The van der Waals surface area contributed by atoms with E-state index in [1.807, 2.05) is 6.07 Å². The highest BCUT2D eigenvalue weighted by atomic mass is 19.1. The van der Waals surface area contributed by atoms with Crippen molar-refractivity contribution >= 4 is 0 Å². The predicted octanol–water partition coefficient (Wildman–Crippen LogP) is 3.99. The van der Waals surface area contributed by atoms with E-state index in [1.165, 1.54) is 37.7 Å². The lowest BCUT2D eigenvalue weighted by atomic mass is 9.51. The van der Waals surface area contributed by atoms with Crippen molar-refractivity contribution in [2.24, 2.45) is 23.7 Å². The normalized spacial score (nSPS) is 36.3. The Labute approximate surface area is 162 Å². The van der Waals surface area contributed by atoms with Gasteiger partial charge in [0.25, 0.3) is 0 Å². The van der Waals surface area contributed by atoms with E-state index in [-0.39, 0.29) is 5.82 Å². The van der Waals surface area contributed by atoms with Crippen LogP contribution in [-0.4, -0.2) is 56.2 Å². The molecule has 5 fully saturated rings. The van der Waals surface area contributed by atoms with E-state index in [4.69, 9.17) is 4.74 Å². The van der Waals surface area contributed by atoms with Gasteiger partial charge in [0.2, 0.25) is 0 Å². The Bertz CT molecular complexity index is 642. The van der Waals surface area contributed by atoms with Crippen LogP contribution in [0.15, 0.2) is 18.2 Å². The lowest BCUT2D eigenvalue weighted by molar-refractivity contribution is -0.00288. The number of hydrogen-bond acceptors (Lipinski definition) is 3. The van der Waals surface area contributed by atoms with E-state index in [0.717, 1.165) is 56.4 Å². The number of rotatable bonds is 5. The fourth-order valence-electron chi connectivity index (χ4n) is 6.67. The second kappa shape index (κ2) is 7.36. The molecule has 6 rings (SSSR count). The van der Waals surface area contributed by atoms with Gasteiger partial charge in [-0.25, -0.2) is 4.39 Å². The third-order valence-corrected chi connectivity index (χ3v) is 7.83. The van der Waals surface area contributed by atoms with Crippen LogP contribution in [0.1, 0.15) is 43.6 Å². The zero-order valence-electron chi connectivity index (χ0n) is 16.6. The van der Waals surface area contributed by atoms with E-state index in [9.17, 15) is 4.39 Å². The molecule has 4 heteroatoms. The SMILES string of the molecule is CN1CCN(CCOc2ccc(C3C4CC5CC(C4)CC3C5)cc2F)CC1. The first-order chi connectivity index (χ1) is 13.2. The van der Waals surface area contributed by atoms with Crippen LogP contribution in [0.2, 0.25) is 0 Å². The molecule has 0 amide bonds. The number of nitrogens with zero attached hydrogens (tertiary/aromatic N) is 2. The maximum absolute atomic E-state index is 14.7. The first-order valence-corrected chi connectivity index (χ1v) is 11.0. The zero-order chi connectivity index (χ0) is 18.4. The highest BCUT2D eigenvalue weighted by Crippen LogP contribution is 2.59. The Morgan fingerprint density at radius 2 is 1.63 bits per heavy atom. The average Bonchev–Trinajstić information content (AvgIpc) is 2.64. The molecule has 3 nitrogen and oxygen atoms in total. The summed E-state index contributed by atoms with van der Waals surface area (Å²) in [6.45, 7) is 5.81. The number of hydrogen-bond donors (Lipinski definition) is 0. The van der Waals surface area contributed by atoms with Crippen molar-refractivity contribution in [3.8, 4) is 5.75 Å². The molecule has 27 heavy (non-hydrogen) atoms. The van der Waals surface area contributed by atoms with Gasteiger partial charge in [-0.3, -0.25) is 4.90 Å². The second-order valence-electron chi connectivity index (χ2n) is 9.64. The molecule has 0 unspecified atom stereocenters. The summed E-state index contributed by atoms with van der Waals surface area (Å²) in [6.07, 6.45) is 6.98. The minimum Gasteiger partial charge on any atom is -0.489 e. The summed E-state index contributed by atoms with van der Waals surface area (Å²) in [7, 11) is 2.16. The van der Waals surface area contributed by atoms with Crippen LogP contribution in [0.3, 0.4) is 0 Å². The van der Waals surface area contributed by atoms with Gasteiger partial charge in [-0.1, -0.05) is 6.07 Å². The number of ether oxygens (including phenoxy) is 1. The van der Waals surface area contributed by atoms with Crippen LogP contribution in [0.4, 0.5) is 4.39 Å². The molecule has 0 atom stereocenters. The first-order valence-electron chi connectivity index (χ1n) is 11.0. The predicted molar refractivity (Wildman–Crippen MR) is 106 cm³/mol. The van der Waals surface area contributed by atoms with Crippen molar-refractivity contribution in [2.45, 2.75) is 38.0 Å². The van der Waals surface area contributed by atoms with Crippen LogP contribution >= 0.6 is 0 Å². The van der Waals surface area contributed by atoms with Gasteiger partial charge < -0.3 is 9.64 Å². The van der Waals surface area contributed by atoms with E-state index in [1.54, 1.807) is 6.07 Å². The quantitative estimate of drug-likeness (QED) is 0.777. The summed E-state index contributed by atoms with van der Waals surface area (Å²) in [5.74, 6) is 4.37. The van der Waals surface area contributed by atoms with Crippen LogP contribution in [0, 0.1) is 29.5 Å². The number of benzene rings is 1. The molecule has 0 spiro atoms. The molecular weight excluding hydrogens is 339 g/mol. The van der Waals surface area contributed by atoms with Crippen molar-refractivity contribution in [1.29, 1.82) is 0 Å². The van der Waals surface area contributed by atoms with Crippen LogP contribution in [0.5, 0.6) is 5.75 Å². The van der Waals surface area contributed by atoms with Gasteiger partial charge in [-0.05, 0) is 86.4 Å². The molecule has 148 valence electrons. The summed E-state index contributed by atoms with van der Waals surface area (Å²) >= 11 is 0. The molecule has 4 bridgehead atoms. The van der Waals surface area contributed by atoms with Crippen molar-refractivity contribution in [3.63, 3.8) is 0 Å². The number of piperazine rings is 1. The van der Waals surface area contributed by atoms with Crippen molar-refractivity contribution in [3.05, 3.63) is 29.6 Å². The second-order valence-corrected chi connectivity index (χ2v) is 9.64. The molecule has 1 heterocycles. The molecule has 0 N–H and O–H groups in total. The van der Waals surface area contributed by atoms with E-state index in [2.05, 4.69) is 22.9 Å². The third kappa shape index (κ3) is 3.63. The van der Waals surface area contributed by atoms with Crippen LogP contribution in [0.25, 0.3) is 0 Å². The van der Waals surface area contributed by atoms with Gasteiger partial charge in [0.1, 0.15) is 6.61 Å². The van der Waals surface area contributed by atoms with Crippen LogP contribution < -0.4 is 4.74 Å². The minimum atomic E-state index is -0.167. The summed E-state index contributed by atoms with van der Waals surface area (Å²) in [4.78, 5) is 4.75. The number of likely N-dealkylation sites (N-methyl/N-ethyl adjacent to an activating group) is 1. The molecule has 1 aliphatic heterocycles. The van der Waals surface area contributed by atoms with Crippen LogP contribution in [-0.2, 0) is 0 Å². The molecule has 1 aromatic rings. The Hall–Kier alpha value is -1.13. The summed E-state index contributed by atoms with van der Waals surface area (Å²) in [6, 6.07) is 5.83. The van der Waals surface area contributed by atoms with E-state index < -0.39 is 0 Å². The Balaban J connectivity index is 1.20. The number of halogens is 1. The van der Waals surface area contributed by atoms with Crippen molar-refractivity contribution in [1.82, 2.24) is 9.80 Å². The van der Waals surface area contributed by atoms with E-state index >= 15 is 0 Å². The van der Waals surface area contributed by atoms with Gasteiger partial charge in [-0.15, -0.1) is 0 Å². The van der Waals surface area contributed by atoms with Gasteiger partial charge in [-0.2, -0.15) is 0 Å². The standard InChI is InChI=1S/C23H33FN2O/c1-25-4-6-26(7-5-25)8-9-27-22-3-2-18(15-21(22)24)23-19-11-16-10-17(13-19)14-20(23)12-16/h2-3,15-17,19-20,23H,4-14H2,1H3. The largest absolute Gasteiger partial charge is 0.489 e. The Morgan fingerprint density at radius 1 is 0.963 bits per heavy atom. The molecule has 0 aromatic heterocycles. The molecular formula is C23H33FN2O. The lowest BCUT2D eigenvalue weighted by Crippen LogP contribution is -2.45. The molecule has 1 saturated heterocycles. The minimum absolute atomic E-state index is 0.167. The third-order valence-electron chi connectivity index (χ3n) is 7.83. The maximum Gasteiger partial charge on any atom is 0.165 e. The monoisotopic (exact) mass is 372 g/mol. The maximum atomic E-state index is 14.7. The molecule has 1 aromatic carbocycles. The zero-order valence-corrected chi connectivity index (χ0v) is 16.6. The molecule has 0 radical (unpaired) electrons. The fourth-order valence-corrected chi connectivity index (χ4v) is 6.67. The molecule has 4 aliphatic carbocycles. The van der Waals surface area contributed by atoms with Gasteiger partial charge in [0.05, 0.1) is 0 Å². The Kier molecular flexibility index (Phi) is 4.89. The summed E-state index contributed by atoms with van der Waals surface area (Å²) < 4.78 is 20.5.